The minimum atomic E-state index is -1.05. The third-order valence-corrected chi connectivity index (χ3v) is 5.74. The number of nitrogens with zero attached hydrogens (tertiary/aromatic N) is 2. The van der Waals surface area contributed by atoms with Gasteiger partial charge in [0, 0.05) is 15.6 Å². The van der Waals surface area contributed by atoms with Gasteiger partial charge in [0.2, 0.25) is 5.91 Å². The van der Waals surface area contributed by atoms with Gasteiger partial charge in [0.1, 0.15) is 11.9 Å². The van der Waals surface area contributed by atoms with E-state index in [0.29, 0.717) is 27.1 Å². The number of halogens is 2. The second kappa shape index (κ2) is 10.5. The van der Waals surface area contributed by atoms with E-state index in [-0.39, 0.29) is 18.2 Å². The topological polar surface area (TPSA) is 110 Å². The second-order valence-electron chi connectivity index (χ2n) is 6.28. The Morgan fingerprint density at radius 2 is 2.06 bits per heavy atom. The Hall–Kier alpha value is -2.75. The molecule has 0 aliphatic carbocycles. The maximum absolute atomic E-state index is 11.7. The molecule has 11 heteroatoms. The lowest BCUT2D eigenvalue weighted by molar-refractivity contribution is -0.138. The fourth-order valence-electron chi connectivity index (χ4n) is 2.57. The van der Waals surface area contributed by atoms with Crippen LogP contribution in [0.25, 0.3) is 0 Å². The van der Waals surface area contributed by atoms with Gasteiger partial charge >= 0.3 is 5.97 Å². The highest BCUT2D eigenvalue weighted by atomic mass is 35.5. The summed E-state index contributed by atoms with van der Waals surface area (Å²) in [6.07, 6.45) is 1.20. The Morgan fingerprint density at radius 1 is 1.26 bits per heavy atom. The summed E-state index contributed by atoms with van der Waals surface area (Å²) in [6.45, 7) is 0.238. The smallest absolute Gasteiger partial charge is 0.305 e. The number of amidine groups is 1. The SMILES string of the molecule is COc1cc(C=NN=C2NC(=O)C(CC(=O)O)S2)ccc1OCc1ccc(Cl)cc1Cl. The fourth-order valence-corrected chi connectivity index (χ4v) is 3.95. The number of carbonyl (C=O) groups excluding carboxylic acids is 1. The number of hydrogen-bond acceptors (Lipinski definition) is 7. The number of carboxylic acid groups (broad SMARTS) is 1. The van der Waals surface area contributed by atoms with Crippen molar-refractivity contribution in [1.29, 1.82) is 0 Å². The summed E-state index contributed by atoms with van der Waals surface area (Å²) in [4.78, 5) is 22.5. The van der Waals surface area contributed by atoms with Crippen molar-refractivity contribution in [3.63, 3.8) is 0 Å². The largest absolute Gasteiger partial charge is 0.493 e. The summed E-state index contributed by atoms with van der Waals surface area (Å²) < 4.78 is 11.2. The number of amides is 1. The van der Waals surface area contributed by atoms with Crippen LogP contribution in [0.2, 0.25) is 10.0 Å². The van der Waals surface area contributed by atoms with Crippen LogP contribution in [0.5, 0.6) is 11.5 Å². The summed E-state index contributed by atoms with van der Waals surface area (Å²) in [6, 6.07) is 10.4. The average molecular weight is 482 g/mol. The molecule has 2 aromatic rings. The number of hydrogen-bond donors (Lipinski definition) is 2. The quantitative estimate of drug-likeness (QED) is 0.435. The Morgan fingerprint density at radius 3 is 2.77 bits per heavy atom. The van der Waals surface area contributed by atoms with Crippen LogP contribution in [-0.4, -0.2) is 40.7 Å². The molecule has 0 bridgehead atoms. The van der Waals surface area contributed by atoms with Gasteiger partial charge in [-0.3, -0.25) is 9.59 Å². The van der Waals surface area contributed by atoms with Crippen LogP contribution in [0, 0.1) is 0 Å². The van der Waals surface area contributed by atoms with Crippen LogP contribution in [0.15, 0.2) is 46.6 Å². The predicted octanol–water partition coefficient (Wildman–Crippen LogP) is 3.98. The highest BCUT2D eigenvalue weighted by Gasteiger charge is 2.32. The number of benzene rings is 2. The number of methoxy groups -OCH3 is 1. The Labute approximate surface area is 192 Å². The van der Waals surface area contributed by atoms with Gasteiger partial charge < -0.3 is 19.9 Å². The lowest BCUT2D eigenvalue weighted by Gasteiger charge is -2.12. The van der Waals surface area contributed by atoms with Gasteiger partial charge in [-0.25, -0.2) is 0 Å². The minimum absolute atomic E-state index is 0.238. The van der Waals surface area contributed by atoms with E-state index in [1.165, 1.54) is 13.3 Å². The summed E-state index contributed by atoms with van der Waals surface area (Å²) in [7, 11) is 1.52. The van der Waals surface area contributed by atoms with E-state index >= 15 is 0 Å². The van der Waals surface area contributed by atoms with Crippen molar-refractivity contribution in [3.8, 4) is 11.5 Å². The number of aliphatic carboxylic acids is 1. The van der Waals surface area contributed by atoms with Crippen molar-refractivity contribution < 1.29 is 24.2 Å². The molecule has 1 fully saturated rings. The number of carbonyl (C=O) groups is 2. The summed E-state index contributed by atoms with van der Waals surface area (Å²) in [5, 5.41) is 19.8. The molecule has 3 rings (SSSR count). The van der Waals surface area contributed by atoms with Crippen molar-refractivity contribution >= 4 is 58.2 Å². The molecule has 1 amide bonds. The second-order valence-corrected chi connectivity index (χ2v) is 8.31. The molecule has 2 aromatic carbocycles. The first kappa shape index (κ1) is 22.9. The monoisotopic (exact) mass is 481 g/mol. The van der Waals surface area contributed by atoms with E-state index in [1.54, 1.807) is 36.4 Å². The van der Waals surface area contributed by atoms with Gasteiger partial charge in [-0.15, -0.1) is 5.10 Å². The van der Waals surface area contributed by atoms with Gasteiger partial charge in [0.15, 0.2) is 16.7 Å². The van der Waals surface area contributed by atoms with Crippen molar-refractivity contribution in [3.05, 3.63) is 57.6 Å². The van der Waals surface area contributed by atoms with Gasteiger partial charge in [-0.2, -0.15) is 5.10 Å². The third-order valence-electron chi connectivity index (χ3n) is 4.08. The number of thioether (sulfide) groups is 1. The predicted molar refractivity (Wildman–Crippen MR) is 121 cm³/mol. The van der Waals surface area contributed by atoms with E-state index < -0.39 is 17.1 Å². The highest BCUT2D eigenvalue weighted by molar-refractivity contribution is 8.15. The highest BCUT2D eigenvalue weighted by Crippen LogP contribution is 2.30. The van der Waals surface area contributed by atoms with Crippen molar-refractivity contribution in [1.82, 2.24) is 5.32 Å². The minimum Gasteiger partial charge on any atom is -0.493 e. The van der Waals surface area contributed by atoms with Gasteiger partial charge in [0.25, 0.3) is 0 Å². The van der Waals surface area contributed by atoms with Crippen molar-refractivity contribution in [2.75, 3.05) is 7.11 Å². The van der Waals surface area contributed by atoms with Crippen LogP contribution in [-0.2, 0) is 16.2 Å². The van der Waals surface area contributed by atoms with Gasteiger partial charge in [-0.05, 0) is 35.9 Å². The molecule has 1 atom stereocenters. The van der Waals surface area contributed by atoms with E-state index in [4.69, 9.17) is 37.8 Å². The molecule has 1 unspecified atom stereocenters. The molecule has 1 saturated heterocycles. The maximum Gasteiger partial charge on any atom is 0.305 e. The van der Waals surface area contributed by atoms with E-state index in [0.717, 1.165) is 17.3 Å². The Balaban J connectivity index is 1.64. The van der Waals surface area contributed by atoms with E-state index in [2.05, 4.69) is 15.5 Å². The lowest BCUT2D eigenvalue weighted by atomic mass is 10.2. The van der Waals surface area contributed by atoms with Crippen molar-refractivity contribution in [2.45, 2.75) is 18.3 Å². The summed E-state index contributed by atoms with van der Waals surface area (Å²) >= 11 is 13.1. The molecule has 1 heterocycles. The molecule has 31 heavy (non-hydrogen) atoms. The Bertz CT molecular complexity index is 1060. The molecule has 0 spiro atoms. The molecule has 1 aliphatic heterocycles. The van der Waals surface area contributed by atoms with Crippen LogP contribution in [0.1, 0.15) is 17.5 Å². The van der Waals surface area contributed by atoms with Crippen LogP contribution >= 0.6 is 35.0 Å². The lowest BCUT2D eigenvalue weighted by Crippen LogP contribution is -2.26. The van der Waals surface area contributed by atoms with Gasteiger partial charge in [0.05, 0.1) is 19.7 Å². The molecular weight excluding hydrogens is 465 g/mol. The van der Waals surface area contributed by atoms with E-state index in [1.807, 2.05) is 0 Å². The first-order valence-corrected chi connectivity index (χ1v) is 10.5. The third kappa shape index (κ3) is 6.36. The molecule has 0 aromatic heterocycles. The molecule has 2 N–H and O–H groups in total. The normalized spacial score (nSPS) is 17.2. The molecule has 0 saturated carbocycles. The molecular formula is C20H17Cl2N3O5S. The molecule has 1 aliphatic rings. The maximum atomic E-state index is 11.7. The van der Waals surface area contributed by atoms with Crippen molar-refractivity contribution in [2.24, 2.45) is 10.2 Å². The number of nitrogens with one attached hydrogen (secondary N) is 1. The summed E-state index contributed by atoms with van der Waals surface area (Å²) in [5.74, 6) is -0.436. The molecule has 0 radical (unpaired) electrons. The molecule has 162 valence electrons. The van der Waals surface area contributed by atoms with Gasteiger partial charge in [-0.1, -0.05) is 41.0 Å². The zero-order valence-corrected chi connectivity index (χ0v) is 18.5. The van der Waals surface area contributed by atoms with E-state index in [9.17, 15) is 9.59 Å². The summed E-state index contributed by atoms with van der Waals surface area (Å²) in [5.41, 5.74) is 1.47. The standard InChI is InChI=1S/C20H17Cl2N3O5S/c1-29-16-6-11(9-23-25-20-24-19(28)17(31-20)8-18(26)27)2-5-15(16)30-10-12-3-4-13(21)7-14(12)22/h2-7,9,17H,8,10H2,1H3,(H,26,27)(H,24,25,28). The zero-order chi connectivity index (χ0) is 22.4. The van der Waals surface area contributed by atoms with Crippen LogP contribution in [0.4, 0.5) is 0 Å². The average Bonchev–Trinajstić information content (AvgIpc) is 3.06. The van der Waals surface area contributed by atoms with Crippen LogP contribution < -0.4 is 14.8 Å². The number of ether oxygens (including phenoxy) is 2. The molecule has 8 nitrogen and oxygen atoms in total. The van der Waals surface area contributed by atoms with Crippen LogP contribution in [0.3, 0.4) is 0 Å². The number of rotatable bonds is 8. The fraction of sp³-hybridized carbons (Fsp3) is 0.200. The number of carboxylic acids is 1. The first-order valence-electron chi connectivity index (χ1n) is 8.91. The Kier molecular flexibility index (Phi) is 7.78. The first-order chi connectivity index (χ1) is 14.9. The zero-order valence-electron chi connectivity index (χ0n) is 16.2.